The van der Waals surface area contributed by atoms with Gasteiger partial charge in [0.15, 0.2) is 0 Å². The number of benzene rings is 2. The summed E-state index contributed by atoms with van der Waals surface area (Å²) in [6.07, 6.45) is 0. The summed E-state index contributed by atoms with van der Waals surface area (Å²) in [7, 11) is 0. The van der Waals surface area contributed by atoms with Crippen molar-refractivity contribution in [3.05, 3.63) is 52.0 Å². The number of nitrogens with one attached hydrogen (secondary N) is 1. The van der Waals surface area contributed by atoms with Crippen LogP contribution in [-0.2, 0) is 0 Å². The fourth-order valence-electron chi connectivity index (χ4n) is 1.52. The molecule has 2 aromatic carbocycles. The number of carbonyl (C=O) groups excluding carboxylic acids is 1. The van der Waals surface area contributed by atoms with E-state index in [1.54, 1.807) is 12.1 Å². The van der Waals surface area contributed by atoms with Crippen LogP contribution in [0.3, 0.4) is 0 Å². The minimum Gasteiger partial charge on any atom is -0.507 e. The SMILES string of the molecule is Nc1cc(NC(=O)c2ccc(Cl)cc2O)ccc1Cl. The standard InChI is InChI=1S/C13H10Cl2N2O2/c14-7-1-3-9(12(18)5-7)13(19)17-8-2-4-10(15)11(16)6-8/h1-6,18H,16H2,(H,17,19). The number of phenolic OH excluding ortho intramolecular Hbond substituents is 1. The van der Waals surface area contributed by atoms with Crippen molar-refractivity contribution in [2.75, 3.05) is 11.1 Å². The normalized spacial score (nSPS) is 10.2. The van der Waals surface area contributed by atoms with Crippen molar-refractivity contribution in [3.8, 4) is 5.75 Å². The van der Waals surface area contributed by atoms with E-state index in [1.165, 1.54) is 24.3 Å². The van der Waals surface area contributed by atoms with E-state index in [0.29, 0.717) is 21.4 Å². The number of nitrogen functional groups attached to an aromatic ring is 1. The molecule has 0 bridgehead atoms. The number of rotatable bonds is 2. The number of halogens is 2. The first-order valence-electron chi connectivity index (χ1n) is 5.32. The lowest BCUT2D eigenvalue weighted by molar-refractivity contribution is 0.102. The Hall–Kier alpha value is -1.91. The summed E-state index contributed by atoms with van der Waals surface area (Å²) >= 11 is 11.5. The fraction of sp³-hybridized carbons (Fsp3) is 0. The second-order valence-corrected chi connectivity index (χ2v) is 4.70. The summed E-state index contributed by atoms with van der Waals surface area (Å²) in [5.41, 5.74) is 6.61. The number of nitrogens with two attached hydrogens (primary N) is 1. The lowest BCUT2D eigenvalue weighted by Gasteiger charge is -2.08. The Kier molecular flexibility index (Phi) is 3.83. The van der Waals surface area contributed by atoms with Crippen molar-refractivity contribution in [2.24, 2.45) is 0 Å². The second kappa shape index (κ2) is 5.38. The van der Waals surface area contributed by atoms with Crippen LogP contribution < -0.4 is 11.1 Å². The molecule has 2 rings (SSSR count). The van der Waals surface area contributed by atoms with Crippen LogP contribution in [0.5, 0.6) is 5.75 Å². The van der Waals surface area contributed by atoms with Gasteiger partial charge >= 0.3 is 0 Å². The molecule has 0 heterocycles. The maximum absolute atomic E-state index is 12.0. The van der Waals surface area contributed by atoms with Crippen molar-refractivity contribution in [1.29, 1.82) is 0 Å². The van der Waals surface area contributed by atoms with Crippen LogP contribution >= 0.6 is 23.2 Å². The molecule has 0 aliphatic heterocycles. The van der Waals surface area contributed by atoms with Gasteiger partial charge in [-0.3, -0.25) is 4.79 Å². The van der Waals surface area contributed by atoms with Gasteiger partial charge in [-0.2, -0.15) is 0 Å². The summed E-state index contributed by atoms with van der Waals surface area (Å²) < 4.78 is 0. The molecule has 4 N–H and O–H groups in total. The van der Waals surface area contributed by atoms with E-state index < -0.39 is 5.91 Å². The Labute approximate surface area is 119 Å². The second-order valence-electron chi connectivity index (χ2n) is 3.85. The Balaban J connectivity index is 2.23. The smallest absolute Gasteiger partial charge is 0.259 e. The van der Waals surface area contributed by atoms with E-state index in [1.807, 2.05) is 0 Å². The zero-order valence-corrected chi connectivity index (χ0v) is 11.2. The number of aromatic hydroxyl groups is 1. The van der Waals surface area contributed by atoms with Crippen LogP contribution in [0.2, 0.25) is 10.0 Å². The molecule has 0 unspecified atom stereocenters. The van der Waals surface area contributed by atoms with Crippen LogP contribution in [-0.4, -0.2) is 11.0 Å². The zero-order valence-electron chi connectivity index (χ0n) is 9.65. The lowest BCUT2D eigenvalue weighted by Crippen LogP contribution is -2.12. The zero-order chi connectivity index (χ0) is 14.0. The molecule has 0 aliphatic rings. The first-order valence-corrected chi connectivity index (χ1v) is 6.08. The minimum atomic E-state index is -0.462. The van der Waals surface area contributed by atoms with Crippen LogP contribution in [0, 0.1) is 0 Å². The molecule has 0 saturated heterocycles. The van der Waals surface area contributed by atoms with Gasteiger partial charge in [-0.05, 0) is 36.4 Å². The molecule has 0 aromatic heterocycles. The maximum atomic E-state index is 12.0. The quantitative estimate of drug-likeness (QED) is 0.742. The van der Waals surface area contributed by atoms with Gasteiger partial charge in [0.2, 0.25) is 0 Å². The van der Waals surface area contributed by atoms with Crippen LogP contribution in [0.4, 0.5) is 11.4 Å². The largest absolute Gasteiger partial charge is 0.507 e. The van der Waals surface area contributed by atoms with Gasteiger partial charge in [-0.25, -0.2) is 0 Å². The van der Waals surface area contributed by atoms with Gasteiger partial charge in [0.1, 0.15) is 5.75 Å². The average Bonchev–Trinajstić information content (AvgIpc) is 2.33. The molecule has 0 fully saturated rings. The third-order valence-electron chi connectivity index (χ3n) is 2.46. The number of hydrogen-bond acceptors (Lipinski definition) is 3. The van der Waals surface area contributed by atoms with Crippen molar-refractivity contribution >= 4 is 40.5 Å². The van der Waals surface area contributed by atoms with E-state index in [4.69, 9.17) is 28.9 Å². The minimum absolute atomic E-state index is 0.123. The molecule has 0 atom stereocenters. The molecule has 0 radical (unpaired) electrons. The molecule has 0 spiro atoms. The Morgan fingerprint density at radius 1 is 1.16 bits per heavy atom. The van der Waals surface area contributed by atoms with Gasteiger partial charge in [-0.15, -0.1) is 0 Å². The first kappa shape index (κ1) is 13.5. The fourth-order valence-corrected chi connectivity index (χ4v) is 1.80. The van der Waals surface area contributed by atoms with Gasteiger partial charge in [-0.1, -0.05) is 23.2 Å². The number of phenols is 1. The van der Waals surface area contributed by atoms with Gasteiger partial charge < -0.3 is 16.2 Å². The number of hydrogen-bond donors (Lipinski definition) is 3. The Bertz CT molecular complexity index is 645. The molecule has 2 aromatic rings. The third kappa shape index (κ3) is 3.10. The molecule has 19 heavy (non-hydrogen) atoms. The average molecular weight is 297 g/mol. The first-order chi connectivity index (χ1) is 8.97. The van der Waals surface area contributed by atoms with Crippen molar-refractivity contribution in [3.63, 3.8) is 0 Å². The molecule has 98 valence electrons. The highest BCUT2D eigenvalue weighted by atomic mass is 35.5. The monoisotopic (exact) mass is 296 g/mol. The highest BCUT2D eigenvalue weighted by molar-refractivity contribution is 6.33. The molecule has 0 saturated carbocycles. The summed E-state index contributed by atoms with van der Waals surface area (Å²) in [6, 6.07) is 8.98. The Morgan fingerprint density at radius 3 is 2.53 bits per heavy atom. The summed E-state index contributed by atoms with van der Waals surface area (Å²) in [5, 5.41) is 13.0. The topological polar surface area (TPSA) is 75.3 Å². The molecule has 1 amide bonds. The molecular formula is C13H10Cl2N2O2. The van der Waals surface area contributed by atoms with Gasteiger partial charge in [0, 0.05) is 10.7 Å². The Morgan fingerprint density at radius 2 is 1.89 bits per heavy atom. The van der Waals surface area contributed by atoms with E-state index >= 15 is 0 Å². The molecule has 4 nitrogen and oxygen atoms in total. The number of carbonyl (C=O) groups is 1. The highest BCUT2D eigenvalue weighted by Crippen LogP contribution is 2.25. The van der Waals surface area contributed by atoms with E-state index in [2.05, 4.69) is 5.32 Å². The summed E-state index contributed by atoms with van der Waals surface area (Å²) in [4.78, 5) is 12.0. The van der Waals surface area contributed by atoms with Gasteiger partial charge in [0.05, 0.1) is 16.3 Å². The highest BCUT2D eigenvalue weighted by Gasteiger charge is 2.12. The van der Waals surface area contributed by atoms with E-state index in [0.717, 1.165) is 0 Å². The summed E-state index contributed by atoms with van der Waals surface area (Å²) in [6.45, 7) is 0. The lowest BCUT2D eigenvalue weighted by atomic mass is 10.2. The van der Waals surface area contributed by atoms with Crippen LogP contribution in [0.1, 0.15) is 10.4 Å². The third-order valence-corrected chi connectivity index (χ3v) is 3.04. The van der Waals surface area contributed by atoms with E-state index in [9.17, 15) is 9.90 Å². The molecule has 0 aliphatic carbocycles. The van der Waals surface area contributed by atoms with Gasteiger partial charge in [0.25, 0.3) is 5.91 Å². The van der Waals surface area contributed by atoms with Crippen LogP contribution in [0.15, 0.2) is 36.4 Å². The molecular weight excluding hydrogens is 287 g/mol. The van der Waals surface area contributed by atoms with Crippen molar-refractivity contribution in [1.82, 2.24) is 0 Å². The van der Waals surface area contributed by atoms with Crippen molar-refractivity contribution in [2.45, 2.75) is 0 Å². The maximum Gasteiger partial charge on any atom is 0.259 e. The number of amides is 1. The van der Waals surface area contributed by atoms with Crippen molar-refractivity contribution < 1.29 is 9.90 Å². The van der Waals surface area contributed by atoms with Crippen LogP contribution in [0.25, 0.3) is 0 Å². The predicted molar refractivity (Wildman–Crippen MR) is 76.9 cm³/mol. The summed E-state index contributed by atoms with van der Waals surface area (Å²) in [5.74, 6) is -0.650. The van der Waals surface area contributed by atoms with E-state index in [-0.39, 0.29) is 11.3 Å². The predicted octanol–water partition coefficient (Wildman–Crippen LogP) is 3.53. The number of anilines is 2. The molecule has 6 heteroatoms.